The summed E-state index contributed by atoms with van der Waals surface area (Å²) in [5, 5.41) is 9.25. The molecule has 0 spiro atoms. The molecule has 2 N–H and O–H groups in total. The summed E-state index contributed by atoms with van der Waals surface area (Å²) in [5.41, 5.74) is 7.57. The van der Waals surface area contributed by atoms with Gasteiger partial charge in [0.2, 0.25) is 0 Å². The van der Waals surface area contributed by atoms with Crippen LogP contribution < -0.4 is 10.5 Å². The quantitative estimate of drug-likeness (QED) is 0.858. The Labute approximate surface area is 101 Å². The van der Waals surface area contributed by atoms with Crippen molar-refractivity contribution in [3.05, 3.63) is 29.3 Å². The van der Waals surface area contributed by atoms with E-state index in [-0.39, 0.29) is 6.04 Å². The molecule has 1 aliphatic rings. The number of methoxy groups -OCH3 is 1. The molecule has 0 aliphatic carbocycles. The Hall–Kier alpha value is -1.57. The normalized spacial score (nSPS) is 18.9. The van der Waals surface area contributed by atoms with Crippen molar-refractivity contribution in [3.63, 3.8) is 0 Å². The monoisotopic (exact) mass is 232 g/mol. The number of benzene rings is 1. The largest absolute Gasteiger partial charge is 0.496 e. The molecule has 1 aromatic rings. The van der Waals surface area contributed by atoms with E-state index < -0.39 is 5.41 Å². The van der Waals surface area contributed by atoms with Crippen LogP contribution in [-0.4, -0.2) is 20.3 Å². The second kappa shape index (κ2) is 4.36. The molecular formula is C13H16N2O2. The van der Waals surface area contributed by atoms with Crippen LogP contribution in [-0.2, 0) is 4.74 Å². The van der Waals surface area contributed by atoms with Gasteiger partial charge in [-0.2, -0.15) is 5.26 Å². The van der Waals surface area contributed by atoms with Crippen molar-refractivity contribution in [3.8, 4) is 11.8 Å². The van der Waals surface area contributed by atoms with Crippen LogP contribution in [0.25, 0.3) is 0 Å². The highest BCUT2D eigenvalue weighted by Gasteiger charge is 2.46. The van der Waals surface area contributed by atoms with Crippen LogP contribution in [0, 0.1) is 23.7 Å². The highest BCUT2D eigenvalue weighted by Crippen LogP contribution is 2.41. The topological polar surface area (TPSA) is 68.3 Å². The lowest BCUT2D eigenvalue weighted by atomic mass is 9.76. The van der Waals surface area contributed by atoms with Gasteiger partial charge in [0.15, 0.2) is 0 Å². The molecule has 1 aliphatic heterocycles. The van der Waals surface area contributed by atoms with Gasteiger partial charge in [-0.3, -0.25) is 0 Å². The summed E-state index contributed by atoms with van der Waals surface area (Å²) >= 11 is 0. The van der Waals surface area contributed by atoms with Crippen molar-refractivity contribution in [1.82, 2.24) is 0 Å². The highest BCUT2D eigenvalue weighted by molar-refractivity contribution is 5.41. The van der Waals surface area contributed by atoms with E-state index in [9.17, 15) is 5.26 Å². The first-order chi connectivity index (χ1) is 8.13. The maximum Gasteiger partial charge on any atom is 0.123 e. The lowest BCUT2D eigenvalue weighted by Crippen LogP contribution is -2.49. The summed E-state index contributed by atoms with van der Waals surface area (Å²) in [5.74, 6) is 0.727. The van der Waals surface area contributed by atoms with Gasteiger partial charge in [0.25, 0.3) is 0 Å². The Bertz CT molecular complexity index is 461. The maximum absolute atomic E-state index is 9.25. The fourth-order valence-corrected chi connectivity index (χ4v) is 2.03. The number of rotatable bonds is 3. The minimum Gasteiger partial charge on any atom is -0.496 e. The molecule has 1 atom stereocenters. The van der Waals surface area contributed by atoms with E-state index >= 15 is 0 Å². The van der Waals surface area contributed by atoms with Crippen molar-refractivity contribution in [2.24, 2.45) is 11.1 Å². The molecular weight excluding hydrogens is 216 g/mol. The van der Waals surface area contributed by atoms with Crippen LogP contribution in [0.5, 0.6) is 5.75 Å². The van der Waals surface area contributed by atoms with Crippen molar-refractivity contribution in [2.75, 3.05) is 20.3 Å². The molecule has 1 unspecified atom stereocenters. The number of nitrogens with zero attached hydrogens (tertiary/aromatic N) is 1. The first-order valence-electron chi connectivity index (χ1n) is 5.52. The third-order valence-corrected chi connectivity index (χ3v) is 3.26. The smallest absolute Gasteiger partial charge is 0.123 e. The van der Waals surface area contributed by atoms with Gasteiger partial charge in [0, 0.05) is 5.56 Å². The molecule has 0 saturated carbocycles. The molecule has 0 radical (unpaired) electrons. The van der Waals surface area contributed by atoms with Gasteiger partial charge in [-0.15, -0.1) is 0 Å². The molecule has 1 heterocycles. The number of hydrogen-bond donors (Lipinski definition) is 1. The number of nitriles is 1. The number of hydrogen-bond acceptors (Lipinski definition) is 4. The molecule has 2 rings (SSSR count). The molecule has 4 heteroatoms. The van der Waals surface area contributed by atoms with E-state index in [1.807, 2.05) is 25.1 Å². The van der Waals surface area contributed by atoms with Gasteiger partial charge < -0.3 is 15.2 Å². The first-order valence-corrected chi connectivity index (χ1v) is 5.52. The van der Waals surface area contributed by atoms with Crippen LogP contribution in [0.2, 0.25) is 0 Å². The molecule has 0 aromatic heterocycles. The fourth-order valence-electron chi connectivity index (χ4n) is 2.03. The average molecular weight is 232 g/mol. The Morgan fingerprint density at radius 2 is 2.24 bits per heavy atom. The molecule has 4 nitrogen and oxygen atoms in total. The minimum atomic E-state index is -0.610. The summed E-state index contributed by atoms with van der Waals surface area (Å²) < 4.78 is 10.4. The predicted octanol–water partition coefficient (Wildman–Crippen LogP) is 1.54. The first kappa shape index (κ1) is 11.9. The molecule has 1 fully saturated rings. The van der Waals surface area contributed by atoms with E-state index in [4.69, 9.17) is 15.2 Å². The molecule has 17 heavy (non-hydrogen) atoms. The Morgan fingerprint density at radius 1 is 1.53 bits per heavy atom. The van der Waals surface area contributed by atoms with Gasteiger partial charge in [0.1, 0.15) is 11.2 Å². The van der Waals surface area contributed by atoms with Gasteiger partial charge in [-0.05, 0) is 13.0 Å². The van der Waals surface area contributed by atoms with Crippen LogP contribution in [0.15, 0.2) is 18.2 Å². The molecule has 1 aromatic carbocycles. The van der Waals surface area contributed by atoms with Crippen molar-refractivity contribution >= 4 is 0 Å². The lowest BCUT2D eigenvalue weighted by Gasteiger charge is -2.40. The number of ether oxygens (including phenoxy) is 2. The van der Waals surface area contributed by atoms with Crippen molar-refractivity contribution < 1.29 is 9.47 Å². The lowest BCUT2D eigenvalue weighted by molar-refractivity contribution is -0.0913. The third-order valence-electron chi connectivity index (χ3n) is 3.26. The second-order valence-electron chi connectivity index (χ2n) is 4.48. The zero-order valence-corrected chi connectivity index (χ0v) is 10.1. The maximum atomic E-state index is 9.25. The van der Waals surface area contributed by atoms with Gasteiger partial charge in [-0.25, -0.2) is 0 Å². The zero-order valence-electron chi connectivity index (χ0n) is 10.1. The number of nitrogens with two attached hydrogens (primary N) is 1. The van der Waals surface area contributed by atoms with Gasteiger partial charge in [-0.1, -0.05) is 17.7 Å². The molecule has 0 bridgehead atoms. The van der Waals surface area contributed by atoms with Gasteiger partial charge >= 0.3 is 0 Å². The van der Waals surface area contributed by atoms with E-state index in [1.165, 1.54) is 0 Å². The highest BCUT2D eigenvalue weighted by atomic mass is 16.5. The van der Waals surface area contributed by atoms with E-state index in [2.05, 4.69) is 6.07 Å². The Kier molecular flexibility index (Phi) is 3.05. The standard InChI is InChI=1S/C13H16N2O2/c1-9-3-4-11(16-2)10(5-9)12(15)13(6-14)7-17-8-13/h3-5,12H,7-8,15H2,1-2H3. The van der Waals surface area contributed by atoms with E-state index in [1.54, 1.807) is 7.11 Å². The van der Waals surface area contributed by atoms with Crippen molar-refractivity contribution in [1.29, 1.82) is 5.26 Å². The van der Waals surface area contributed by atoms with Gasteiger partial charge in [0.05, 0.1) is 32.4 Å². The van der Waals surface area contributed by atoms with Crippen LogP contribution >= 0.6 is 0 Å². The summed E-state index contributed by atoms with van der Waals surface area (Å²) in [7, 11) is 1.61. The van der Waals surface area contributed by atoms with Crippen LogP contribution in [0.4, 0.5) is 0 Å². The third kappa shape index (κ3) is 1.88. The molecule has 0 amide bonds. The van der Waals surface area contributed by atoms with Crippen LogP contribution in [0.3, 0.4) is 0 Å². The van der Waals surface area contributed by atoms with E-state index in [0.717, 1.165) is 16.9 Å². The summed E-state index contributed by atoms with van der Waals surface area (Å²) in [6.45, 7) is 2.77. The second-order valence-corrected chi connectivity index (χ2v) is 4.48. The van der Waals surface area contributed by atoms with E-state index in [0.29, 0.717) is 13.2 Å². The van der Waals surface area contributed by atoms with Crippen molar-refractivity contribution in [2.45, 2.75) is 13.0 Å². The zero-order chi connectivity index (χ0) is 12.5. The SMILES string of the molecule is COc1ccc(C)cc1C(N)C1(C#N)COC1. The Balaban J connectivity index is 2.39. The van der Waals surface area contributed by atoms with Crippen LogP contribution in [0.1, 0.15) is 17.2 Å². The summed E-state index contributed by atoms with van der Waals surface area (Å²) in [4.78, 5) is 0. The molecule has 90 valence electrons. The number of aryl methyl sites for hydroxylation is 1. The molecule has 1 saturated heterocycles. The minimum absolute atomic E-state index is 0.379. The fraction of sp³-hybridized carbons (Fsp3) is 0.462. The predicted molar refractivity (Wildman–Crippen MR) is 63.5 cm³/mol. The average Bonchev–Trinajstić information content (AvgIpc) is 2.28. The summed E-state index contributed by atoms with van der Waals surface area (Å²) in [6.07, 6.45) is 0. The summed E-state index contributed by atoms with van der Waals surface area (Å²) in [6, 6.07) is 7.72. The Morgan fingerprint density at radius 3 is 2.71 bits per heavy atom.